The van der Waals surface area contributed by atoms with Crippen molar-refractivity contribution in [3.8, 4) is 5.75 Å². The van der Waals surface area contributed by atoms with Crippen molar-refractivity contribution >= 4 is 11.9 Å². The van der Waals surface area contributed by atoms with Gasteiger partial charge in [-0.1, -0.05) is 13.8 Å². The lowest BCUT2D eigenvalue weighted by Crippen LogP contribution is -2.30. The van der Waals surface area contributed by atoms with Gasteiger partial charge in [0.15, 0.2) is 5.78 Å². The second-order valence-electron chi connectivity index (χ2n) is 4.61. The Morgan fingerprint density at radius 1 is 1.30 bits per heavy atom. The molecule has 0 spiro atoms. The Morgan fingerprint density at radius 3 is 2.55 bits per heavy atom. The molecule has 0 saturated carbocycles. The summed E-state index contributed by atoms with van der Waals surface area (Å²) in [6, 6.07) is 5.27. The van der Waals surface area contributed by atoms with Crippen LogP contribution in [0, 0.1) is 0 Å². The van der Waals surface area contributed by atoms with Gasteiger partial charge in [0.25, 0.3) is 0 Å². The molecule has 0 bridgehead atoms. The van der Waals surface area contributed by atoms with Gasteiger partial charge in [-0.05, 0) is 36.6 Å². The third-order valence-electron chi connectivity index (χ3n) is 2.84. The number of nitrogens with one attached hydrogen (secondary N) is 1. The van der Waals surface area contributed by atoms with Gasteiger partial charge in [-0.25, -0.2) is 4.79 Å². The van der Waals surface area contributed by atoms with Gasteiger partial charge in [0, 0.05) is 5.56 Å². The summed E-state index contributed by atoms with van der Waals surface area (Å²) < 4.78 is 9.97. The number of Topliss-reactive ketones (excluding diaryl/α,β-unsaturated/α-hetero) is 1. The van der Waals surface area contributed by atoms with Crippen molar-refractivity contribution in [2.24, 2.45) is 0 Å². The number of alkyl carbamates (subject to hydrolysis) is 1. The summed E-state index contributed by atoms with van der Waals surface area (Å²) in [5.74, 6) is 0.841. The van der Waals surface area contributed by atoms with Crippen molar-refractivity contribution in [2.75, 3.05) is 20.3 Å². The van der Waals surface area contributed by atoms with E-state index in [0.717, 1.165) is 11.3 Å². The van der Waals surface area contributed by atoms with E-state index in [0.29, 0.717) is 5.56 Å². The lowest BCUT2D eigenvalue weighted by molar-refractivity contribution is 0.0978. The Balaban J connectivity index is 2.78. The Labute approximate surface area is 119 Å². The average molecular weight is 279 g/mol. The fourth-order valence-corrected chi connectivity index (χ4v) is 1.80. The SMILES string of the molecule is CCOC(=O)NCC(=O)c1ccc(OC)c(C(C)C)c1. The van der Waals surface area contributed by atoms with Crippen LogP contribution in [0.3, 0.4) is 0 Å². The summed E-state index contributed by atoms with van der Waals surface area (Å²) in [4.78, 5) is 23.2. The third-order valence-corrected chi connectivity index (χ3v) is 2.84. The van der Waals surface area contributed by atoms with Crippen LogP contribution in [0.2, 0.25) is 0 Å². The van der Waals surface area contributed by atoms with E-state index in [9.17, 15) is 9.59 Å². The molecule has 0 radical (unpaired) electrons. The van der Waals surface area contributed by atoms with Crippen molar-refractivity contribution in [3.63, 3.8) is 0 Å². The molecule has 0 unspecified atom stereocenters. The van der Waals surface area contributed by atoms with E-state index >= 15 is 0 Å². The van der Waals surface area contributed by atoms with Crippen LogP contribution < -0.4 is 10.1 Å². The Hall–Kier alpha value is -2.04. The topological polar surface area (TPSA) is 64.6 Å². The molecule has 5 heteroatoms. The van der Waals surface area contributed by atoms with Crippen molar-refractivity contribution in [2.45, 2.75) is 26.7 Å². The summed E-state index contributed by atoms with van der Waals surface area (Å²) in [5, 5.41) is 2.42. The molecule has 1 aromatic carbocycles. The average Bonchev–Trinajstić information content (AvgIpc) is 2.44. The van der Waals surface area contributed by atoms with Gasteiger partial charge >= 0.3 is 6.09 Å². The quantitative estimate of drug-likeness (QED) is 0.813. The highest BCUT2D eigenvalue weighted by Gasteiger charge is 2.13. The minimum absolute atomic E-state index is 0.0807. The van der Waals surface area contributed by atoms with Gasteiger partial charge in [-0.2, -0.15) is 0 Å². The molecule has 110 valence electrons. The number of ether oxygens (including phenoxy) is 2. The summed E-state index contributed by atoms with van der Waals surface area (Å²) in [6.45, 7) is 5.97. The highest BCUT2D eigenvalue weighted by molar-refractivity contribution is 5.99. The molecule has 1 aromatic rings. The molecule has 0 fully saturated rings. The fourth-order valence-electron chi connectivity index (χ4n) is 1.80. The first-order valence-electron chi connectivity index (χ1n) is 6.61. The van der Waals surface area contributed by atoms with Crippen LogP contribution in [0.1, 0.15) is 42.6 Å². The van der Waals surface area contributed by atoms with Crippen LogP contribution in [0.15, 0.2) is 18.2 Å². The molecule has 5 nitrogen and oxygen atoms in total. The Morgan fingerprint density at radius 2 is 2.00 bits per heavy atom. The number of benzene rings is 1. The number of amides is 1. The van der Waals surface area contributed by atoms with Gasteiger partial charge < -0.3 is 14.8 Å². The summed E-state index contributed by atoms with van der Waals surface area (Å²) in [7, 11) is 1.60. The van der Waals surface area contributed by atoms with E-state index in [1.807, 2.05) is 13.8 Å². The minimum atomic E-state index is -0.585. The molecule has 0 atom stereocenters. The fraction of sp³-hybridized carbons (Fsp3) is 0.467. The van der Waals surface area contributed by atoms with Gasteiger partial charge in [-0.15, -0.1) is 0 Å². The van der Waals surface area contributed by atoms with E-state index in [1.54, 1.807) is 32.2 Å². The first-order chi connectivity index (χ1) is 9.49. The molecule has 0 saturated heterocycles. The largest absolute Gasteiger partial charge is 0.496 e. The van der Waals surface area contributed by atoms with Crippen LogP contribution in [0.4, 0.5) is 4.79 Å². The third kappa shape index (κ3) is 4.26. The van der Waals surface area contributed by atoms with Crippen molar-refractivity contribution in [3.05, 3.63) is 29.3 Å². The van der Waals surface area contributed by atoms with Crippen LogP contribution >= 0.6 is 0 Å². The van der Waals surface area contributed by atoms with Crippen molar-refractivity contribution in [1.29, 1.82) is 0 Å². The smallest absolute Gasteiger partial charge is 0.407 e. The molecule has 20 heavy (non-hydrogen) atoms. The maximum atomic E-state index is 12.0. The normalized spacial score (nSPS) is 10.2. The molecule has 0 aromatic heterocycles. The summed E-state index contributed by atoms with van der Waals surface area (Å²) in [5.41, 5.74) is 1.51. The van der Waals surface area contributed by atoms with E-state index in [-0.39, 0.29) is 24.9 Å². The second-order valence-corrected chi connectivity index (χ2v) is 4.61. The molecule has 1 rings (SSSR count). The number of rotatable bonds is 6. The second kappa shape index (κ2) is 7.53. The zero-order valence-corrected chi connectivity index (χ0v) is 12.4. The predicted octanol–water partition coefficient (Wildman–Crippen LogP) is 2.75. The number of carbonyl (C=O) groups excluding carboxylic acids is 2. The molecular weight excluding hydrogens is 258 g/mol. The Kier molecular flexibility index (Phi) is 6.03. The summed E-state index contributed by atoms with van der Waals surface area (Å²) in [6.07, 6.45) is -0.585. The monoisotopic (exact) mass is 279 g/mol. The van der Waals surface area contributed by atoms with Gasteiger partial charge in [0.05, 0.1) is 20.3 Å². The molecular formula is C15H21NO4. The van der Waals surface area contributed by atoms with Crippen LogP contribution in [-0.4, -0.2) is 32.1 Å². The first kappa shape index (κ1) is 16.0. The van der Waals surface area contributed by atoms with Crippen LogP contribution in [0.25, 0.3) is 0 Å². The molecule has 1 N–H and O–H groups in total. The highest BCUT2D eigenvalue weighted by Crippen LogP contribution is 2.27. The number of methoxy groups -OCH3 is 1. The zero-order chi connectivity index (χ0) is 15.1. The maximum absolute atomic E-state index is 12.0. The standard InChI is InChI=1S/C15H21NO4/c1-5-20-15(18)16-9-13(17)11-6-7-14(19-4)12(8-11)10(2)3/h6-8,10H,5,9H2,1-4H3,(H,16,18). The lowest BCUT2D eigenvalue weighted by atomic mass is 9.98. The van der Waals surface area contributed by atoms with E-state index in [2.05, 4.69) is 5.32 Å². The van der Waals surface area contributed by atoms with Crippen molar-refractivity contribution < 1.29 is 19.1 Å². The number of hydrogen-bond acceptors (Lipinski definition) is 4. The van der Waals surface area contributed by atoms with Gasteiger partial charge in [0.1, 0.15) is 5.75 Å². The highest BCUT2D eigenvalue weighted by atomic mass is 16.5. The molecule has 0 aliphatic rings. The number of hydrogen-bond donors (Lipinski definition) is 1. The van der Waals surface area contributed by atoms with Crippen molar-refractivity contribution in [1.82, 2.24) is 5.32 Å². The molecule has 0 aliphatic heterocycles. The van der Waals surface area contributed by atoms with Crippen LogP contribution in [-0.2, 0) is 4.74 Å². The molecule has 0 aliphatic carbocycles. The predicted molar refractivity (Wildman–Crippen MR) is 76.4 cm³/mol. The number of ketones is 1. The Bertz CT molecular complexity index is 483. The van der Waals surface area contributed by atoms with E-state index in [1.165, 1.54) is 0 Å². The first-order valence-corrected chi connectivity index (χ1v) is 6.61. The maximum Gasteiger partial charge on any atom is 0.407 e. The minimum Gasteiger partial charge on any atom is -0.496 e. The van der Waals surface area contributed by atoms with Gasteiger partial charge in [0.2, 0.25) is 0 Å². The number of carbonyl (C=O) groups is 2. The molecule has 1 amide bonds. The van der Waals surface area contributed by atoms with E-state index in [4.69, 9.17) is 9.47 Å². The lowest BCUT2D eigenvalue weighted by Gasteiger charge is -2.13. The van der Waals surface area contributed by atoms with Gasteiger partial charge in [-0.3, -0.25) is 4.79 Å². The summed E-state index contributed by atoms with van der Waals surface area (Å²) >= 11 is 0. The van der Waals surface area contributed by atoms with E-state index < -0.39 is 6.09 Å². The zero-order valence-electron chi connectivity index (χ0n) is 12.4. The molecule has 0 heterocycles. The van der Waals surface area contributed by atoms with Crippen LogP contribution in [0.5, 0.6) is 5.75 Å².